The molecule has 1 amide bonds. The van der Waals surface area contributed by atoms with Crippen LogP contribution in [-0.4, -0.2) is 22.3 Å². The second-order valence-electron chi connectivity index (χ2n) is 5.26. The third kappa shape index (κ3) is 3.30. The van der Waals surface area contributed by atoms with Crippen LogP contribution in [0, 0.1) is 11.2 Å². The first kappa shape index (κ1) is 16.0. The van der Waals surface area contributed by atoms with Crippen LogP contribution in [0.5, 0.6) is 0 Å². The van der Waals surface area contributed by atoms with Crippen molar-refractivity contribution < 1.29 is 18.7 Å². The standard InChI is InChI=1S/C14H14Cl2FNO3/c1-8(21-12(20)13(2)7-14(13,15)16)11(19)18-10-5-3-9(17)4-6-10/h3-6,8H,7H2,1-2H3,(H,18,19)/t8-,13+/m0/s1. The molecule has 1 aliphatic carbocycles. The molecule has 0 aromatic heterocycles. The highest BCUT2D eigenvalue weighted by atomic mass is 35.5. The Morgan fingerprint density at radius 3 is 2.33 bits per heavy atom. The Labute approximate surface area is 131 Å². The molecule has 1 aromatic carbocycles. The Bertz CT molecular complexity index is 576. The summed E-state index contributed by atoms with van der Waals surface area (Å²) in [6.07, 6.45) is -0.724. The molecule has 0 bridgehead atoms. The molecule has 1 aliphatic rings. The molecule has 2 rings (SSSR count). The van der Waals surface area contributed by atoms with Gasteiger partial charge in [0, 0.05) is 12.1 Å². The van der Waals surface area contributed by atoms with E-state index in [9.17, 15) is 14.0 Å². The monoisotopic (exact) mass is 333 g/mol. The Hall–Kier alpha value is -1.33. The summed E-state index contributed by atoms with van der Waals surface area (Å²) in [6.45, 7) is 3.02. The average molecular weight is 334 g/mol. The van der Waals surface area contributed by atoms with Crippen LogP contribution >= 0.6 is 23.2 Å². The number of halogens is 3. The predicted octanol–water partition coefficient (Wildman–Crippen LogP) is 3.28. The number of hydrogen-bond donors (Lipinski definition) is 1. The van der Waals surface area contributed by atoms with Gasteiger partial charge in [0.2, 0.25) is 0 Å². The number of nitrogens with one attached hydrogen (secondary N) is 1. The number of carbonyl (C=O) groups is 2. The van der Waals surface area contributed by atoms with Crippen molar-refractivity contribution in [2.75, 3.05) is 5.32 Å². The SMILES string of the molecule is C[C@H](OC(=O)[C@@]1(C)CC1(Cl)Cl)C(=O)Nc1ccc(F)cc1. The van der Waals surface area contributed by atoms with Crippen LogP contribution in [0.15, 0.2) is 24.3 Å². The summed E-state index contributed by atoms with van der Waals surface area (Å²) in [4.78, 5) is 23.8. The number of carbonyl (C=O) groups excluding carboxylic acids is 2. The zero-order valence-corrected chi connectivity index (χ0v) is 13.0. The van der Waals surface area contributed by atoms with Crippen LogP contribution in [-0.2, 0) is 14.3 Å². The van der Waals surface area contributed by atoms with Crippen LogP contribution < -0.4 is 5.32 Å². The predicted molar refractivity (Wildman–Crippen MR) is 77.7 cm³/mol. The maximum absolute atomic E-state index is 12.8. The largest absolute Gasteiger partial charge is 0.452 e. The van der Waals surface area contributed by atoms with E-state index >= 15 is 0 Å². The summed E-state index contributed by atoms with van der Waals surface area (Å²) >= 11 is 11.8. The van der Waals surface area contributed by atoms with E-state index in [4.69, 9.17) is 27.9 Å². The number of amides is 1. The Morgan fingerprint density at radius 2 is 1.86 bits per heavy atom. The minimum Gasteiger partial charge on any atom is -0.452 e. The Balaban J connectivity index is 1.91. The van der Waals surface area contributed by atoms with Gasteiger partial charge in [0.15, 0.2) is 6.10 Å². The summed E-state index contributed by atoms with van der Waals surface area (Å²) < 4.78 is 16.7. The van der Waals surface area contributed by atoms with E-state index in [-0.39, 0.29) is 6.42 Å². The third-order valence-corrected chi connectivity index (χ3v) is 4.57. The van der Waals surface area contributed by atoms with Crippen molar-refractivity contribution in [1.82, 2.24) is 0 Å². The van der Waals surface area contributed by atoms with E-state index in [0.29, 0.717) is 5.69 Å². The molecule has 7 heteroatoms. The molecule has 114 valence electrons. The zero-order valence-electron chi connectivity index (χ0n) is 11.5. The van der Waals surface area contributed by atoms with E-state index in [0.717, 1.165) is 0 Å². The average Bonchev–Trinajstić information content (AvgIpc) is 2.92. The molecular formula is C14H14Cl2FNO3. The maximum atomic E-state index is 12.8. The molecular weight excluding hydrogens is 320 g/mol. The lowest BCUT2D eigenvalue weighted by Crippen LogP contribution is -2.33. The van der Waals surface area contributed by atoms with Crippen LogP contribution in [0.2, 0.25) is 0 Å². The first-order valence-electron chi connectivity index (χ1n) is 6.31. The summed E-state index contributed by atoms with van der Waals surface area (Å²) in [5.41, 5.74) is -0.577. The molecule has 0 heterocycles. The minimum atomic E-state index is -1.14. The molecule has 0 unspecified atom stereocenters. The first-order chi connectivity index (χ1) is 9.65. The zero-order chi connectivity index (χ0) is 15.8. The smallest absolute Gasteiger partial charge is 0.315 e. The second kappa shape index (κ2) is 5.46. The Kier molecular flexibility index (Phi) is 4.17. The highest BCUT2D eigenvalue weighted by Gasteiger charge is 2.69. The van der Waals surface area contributed by atoms with Gasteiger partial charge in [-0.05, 0) is 38.1 Å². The van der Waals surface area contributed by atoms with E-state index in [1.54, 1.807) is 6.92 Å². The van der Waals surface area contributed by atoms with Gasteiger partial charge in [0.1, 0.15) is 15.6 Å². The number of ether oxygens (including phenoxy) is 1. The number of anilines is 1. The van der Waals surface area contributed by atoms with Crippen molar-refractivity contribution in [2.45, 2.75) is 30.7 Å². The Morgan fingerprint density at radius 1 is 1.33 bits per heavy atom. The van der Waals surface area contributed by atoms with Crippen molar-refractivity contribution in [2.24, 2.45) is 5.41 Å². The van der Waals surface area contributed by atoms with E-state index in [1.807, 2.05) is 0 Å². The lowest BCUT2D eigenvalue weighted by molar-refractivity contribution is -0.158. The number of hydrogen-bond acceptors (Lipinski definition) is 3. The summed E-state index contributed by atoms with van der Waals surface area (Å²) in [7, 11) is 0. The van der Waals surface area contributed by atoms with E-state index in [1.165, 1.54) is 31.2 Å². The maximum Gasteiger partial charge on any atom is 0.315 e. The molecule has 0 spiro atoms. The van der Waals surface area contributed by atoms with Crippen molar-refractivity contribution in [1.29, 1.82) is 0 Å². The molecule has 1 fully saturated rings. The van der Waals surface area contributed by atoms with Crippen molar-refractivity contribution in [3.05, 3.63) is 30.1 Å². The molecule has 4 nitrogen and oxygen atoms in total. The summed E-state index contributed by atoms with van der Waals surface area (Å²) in [5, 5.41) is 2.52. The molecule has 21 heavy (non-hydrogen) atoms. The fraction of sp³-hybridized carbons (Fsp3) is 0.429. The number of benzene rings is 1. The lowest BCUT2D eigenvalue weighted by atomic mass is 10.1. The van der Waals surface area contributed by atoms with E-state index < -0.39 is 33.5 Å². The van der Waals surface area contributed by atoms with Gasteiger partial charge in [-0.2, -0.15) is 0 Å². The van der Waals surface area contributed by atoms with Crippen molar-refractivity contribution in [3.63, 3.8) is 0 Å². The van der Waals surface area contributed by atoms with Crippen molar-refractivity contribution in [3.8, 4) is 0 Å². The topological polar surface area (TPSA) is 55.4 Å². The van der Waals surface area contributed by atoms with Crippen LogP contribution in [0.3, 0.4) is 0 Å². The van der Waals surface area contributed by atoms with Crippen LogP contribution in [0.4, 0.5) is 10.1 Å². The molecule has 0 aliphatic heterocycles. The molecule has 1 aromatic rings. The lowest BCUT2D eigenvalue weighted by Gasteiger charge is -2.17. The fourth-order valence-electron chi connectivity index (χ4n) is 1.74. The van der Waals surface area contributed by atoms with Gasteiger partial charge in [0.05, 0.1) is 0 Å². The normalized spacial score (nSPS) is 24.0. The van der Waals surface area contributed by atoms with Gasteiger partial charge in [-0.1, -0.05) is 0 Å². The molecule has 1 N–H and O–H groups in total. The summed E-state index contributed by atoms with van der Waals surface area (Å²) in [5.74, 6) is -1.54. The van der Waals surface area contributed by atoms with Crippen LogP contribution in [0.1, 0.15) is 20.3 Å². The molecule has 2 atom stereocenters. The third-order valence-electron chi connectivity index (χ3n) is 3.47. The molecule has 0 radical (unpaired) electrons. The van der Waals surface area contributed by atoms with Gasteiger partial charge < -0.3 is 10.1 Å². The van der Waals surface area contributed by atoms with Crippen LogP contribution in [0.25, 0.3) is 0 Å². The van der Waals surface area contributed by atoms with Gasteiger partial charge in [-0.15, -0.1) is 23.2 Å². The first-order valence-corrected chi connectivity index (χ1v) is 7.07. The fourth-order valence-corrected chi connectivity index (χ4v) is 2.43. The number of rotatable bonds is 4. The molecule has 1 saturated carbocycles. The van der Waals surface area contributed by atoms with Gasteiger partial charge in [-0.3, -0.25) is 9.59 Å². The van der Waals surface area contributed by atoms with Gasteiger partial charge in [-0.25, -0.2) is 4.39 Å². The second-order valence-corrected chi connectivity index (χ2v) is 6.74. The van der Waals surface area contributed by atoms with Gasteiger partial charge >= 0.3 is 5.97 Å². The summed E-state index contributed by atoms with van der Waals surface area (Å²) in [6, 6.07) is 5.25. The van der Waals surface area contributed by atoms with Gasteiger partial charge in [0.25, 0.3) is 5.91 Å². The number of esters is 1. The number of alkyl halides is 2. The highest BCUT2D eigenvalue weighted by Crippen LogP contribution is 2.64. The van der Waals surface area contributed by atoms with Crippen molar-refractivity contribution >= 4 is 40.8 Å². The van der Waals surface area contributed by atoms with E-state index in [2.05, 4.69) is 5.32 Å². The quantitative estimate of drug-likeness (QED) is 0.679. The molecule has 0 saturated heterocycles. The highest BCUT2D eigenvalue weighted by molar-refractivity contribution is 6.53. The minimum absolute atomic E-state index is 0.286.